The maximum Gasteiger partial charge on any atom is 1.00 e. The Morgan fingerprint density at radius 3 is 2.54 bits per heavy atom. The summed E-state index contributed by atoms with van der Waals surface area (Å²) in [5.41, 5.74) is 9.28. The van der Waals surface area contributed by atoms with Gasteiger partial charge in [-0.2, -0.15) is 4.98 Å². The van der Waals surface area contributed by atoms with Crippen LogP contribution in [0.4, 0.5) is 16.6 Å². The number of aromatic nitrogens is 3. The Balaban J connectivity index is 0.00000201. The van der Waals surface area contributed by atoms with Crippen molar-refractivity contribution in [2.45, 2.75) is 34.1 Å². The van der Waals surface area contributed by atoms with Crippen molar-refractivity contribution >= 4 is 34.4 Å². The standard InChI is InChI=1S/C16H20N6O.C2H6.Ru/c1-4-6-10(7-5-2)12-8-11-9-19-16(18-3)22-13(11)20-14(12)21-15(17)23;1-2;/h4,6-9H,5H2,1-3H3,(H4,17,18,19,20,21,22,23);1-2H3;/q;;+1/p-1/b6-4-,10-7+;;. The monoisotopic (exact) mass is 443 g/mol. The van der Waals surface area contributed by atoms with Crippen molar-refractivity contribution in [3.63, 3.8) is 0 Å². The SMILES string of the molecule is C/C=C\C(=C/CC)c1cc2cnc(NC)nc2nc1NC([NH-])=O.CC.[Ru+]. The quantitative estimate of drug-likeness (QED) is 0.498. The van der Waals surface area contributed by atoms with Crippen LogP contribution in [-0.2, 0) is 19.5 Å². The van der Waals surface area contributed by atoms with Gasteiger partial charge >= 0.3 is 19.5 Å². The molecule has 3 N–H and O–H groups in total. The number of allylic oxidation sites excluding steroid dienone is 4. The van der Waals surface area contributed by atoms with E-state index in [0.29, 0.717) is 17.4 Å². The Hall–Kier alpha value is -2.34. The molecule has 0 saturated heterocycles. The Labute approximate surface area is 167 Å². The number of fused-ring (bicyclic) bond motifs is 1. The minimum absolute atomic E-state index is 0. The molecule has 0 aromatic carbocycles. The fourth-order valence-corrected chi connectivity index (χ4v) is 2.17. The molecule has 1 radical (unpaired) electrons. The molecule has 0 fully saturated rings. The second-order valence-corrected chi connectivity index (χ2v) is 4.76. The number of carbonyl (C=O) groups excluding carboxylic acids is 1. The normalized spacial score (nSPS) is 10.7. The summed E-state index contributed by atoms with van der Waals surface area (Å²) in [5, 5.41) is 6.07. The molecule has 7 nitrogen and oxygen atoms in total. The molecule has 26 heavy (non-hydrogen) atoms. The van der Waals surface area contributed by atoms with Crippen molar-refractivity contribution in [1.82, 2.24) is 15.0 Å². The van der Waals surface area contributed by atoms with E-state index in [1.165, 1.54) is 0 Å². The molecule has 141 valence electrons. The maximum atomic E-state index is 11.2. The van der Waals surface area contributed by atoms with Crippen molar-refractivity contribution in [3.05, 3.63) is 41.8 Å². The van der Waals surface area contributed by atoms with Crippen LogP contribution in [0.25, 0.3) is 22.3 Å². The first-order chi connectivity index (χ1) is 12.1. The maximum absolute atomic E-state index is 11.2. The molecule has 8 heteroatoms. The van der Waals surface area contributed by atoms with Crippen LogP contribution in [0.15, 0.2) is 30.5 Å². The largest absolute Gasteiger partial charge is 1.00 e. The first-order valence-corrected chi connectivity index (χ1v) is 8.30. The van der Waals surface area contributed by atoms with Gasteiger partial charge < -0.3 is 16.4 Å². The average molecular weight is 443 g/mol. The number of amides is 2. The molecule has 0 aliphatic rings. The van der Waals surface area contributed by atoms with Gasteiger partial charge in [-0.1, -0.05) is 39.0 Å². The molecule has 0 unspecified atom stereocenters. The van der Waals surface area contributed by atoms with Crippen LogP contribution in [0, 0.1) is 0 Å². The predicted molar refractivity (Wildman–Crippen MR) is 105 cm³/mol. The van der Waals surface area contributed by atoms with E-state index >= 15 is 0 Å². The number of nitrogens with one attached hydrogen (secondary N) is 3. The Kier molecular flexibility index (Phi) is 11.0. The van der Waals surface area contributed by atoms with E-state index < -0.39 is 6.03 Å². The third-order valence-electron chi connectivity index (χ3n) is 3.11. The third-order valence-corrected chi connectivity index (χ3v) is 3.11. The number of hydrogen-bond donors (Lipinski definition) is 2. The topological polar surface area (TPSA) is 104 Å². The van der Waals surface area contributed by atoms with Gasteiger partial charge in [0.1, 0.15) is 0 Å². The summed E-state index contributed by atoms with van der Waals surface area (Å²) in [6.45, 7) is 7.95. The van der Waals surface area contributed by atoms with Gasteiger partial charge in [0.05, 0.1) is 5.82 Å². The van der Waals surface area contributed by atoms with Gasteiger partial charge in [-0.15, -0.1) is 0 Å². The molecule has 2 amide bonds. The summed E-state index contributed by atoms with van der Waals surface area (Å²) in [4.78, 5) is 24.0. The van der Waals surface area contributed by atoms with Crippen molar-refractivity contribution in [1.29, 1.82) is 0 Å². The van der Waals surface area contributed by atoms with Crippen molar-refractivity contribution in [2.24, 2.45) is 0 Å². The van der Waals surface area contributed by atoms with Gasteiger partial charge in [0.2, 0.25) is 5.95 Å². The van der Waals surface area contributed by atoms with Crippen molar-refractivity contribution in [3.8, 4) is 0 Å². The van der Waals surface area contributed by atoms with Gasteiger partial charge in [-0.25, -0.2) is 9.97 Å². The van der Waals surface area contributed by atoms with Crippen LogP contribution < -0.4 is 10.6 Å². The third kappa shape index (κ3) is 6.19. The van der Waals surface area contributed by atoms with Gasteiger partial charge in [0, 0.05) is 24.2 Å². The summed E-state index contributed by atoms with van der Waals surface area (Å²) in [5.74, 6) is 0.759. The van der Waals surface area contributed by atoms with Crippen LogP contribution >= 0.6 is 0 Å². The average Bonchev–Trinajstić information content (AvgIpc) is 2.61. The van der Waals surface area contributed by atoms with Gasteiger partial charge in [-0.05, 0) is 25.0 Å². The summed E-state index contributed by atoms with van der Waals surface area (Å²) in [7, 11) is 1.72. The number of pyridine rings is 1. The number of anilines is 2. The molecule has 2 heterocycles. The van der Waals surface area contributed by atoms with Crippen molar-refractivity contribution in [2.75, 3.05) is 17.7 Å². The Morgan fingerprint density at radius 2 is 2.00 bits per heavy atom. The number of carbonyl (C=O) groups is 1. The molecule has 0 spiro atoms. The van der Waals surface area contributed by atoms with Gasteiger partial charge in [0.15, 0.2) is 11.7 Å². The molecule has 0 saturated carbocycles. The van der Waals surface area contributed by atoms with Crippen LogP contribution in [0.2, 0.25) is 0 Å². The number of nitrogens with zero attached hydrogens (tertiary/aromatic N) is 3. The molecular formula is C18H25N6ORu. The molecule has 2 aromatic rings. The fourth-order valence-electron chi connectivity index (χ4n) is 2.17. The molecule has 0 aliphatic heterocycles. The zero-order valence-electron chi connectivity index (χ0n) is 15.7. The Bertz CT molecular complexity index is 789. The van der Waals surface area contributed by atoms with E-state index in [4.69, 9.17) is 5.73 Å². The smallest absolute Gasteiger partial charge is 0.447 e. The molecule has 0 aliphatic carbocycles. The summed E-state index contributed by atoms with van der Waals surface area (Å²) < 4.78 is 0. The fraction of sp³-hybridized carbons (Fsp3) is 0.333. The van der Waals surface area contributed by atoms with E-state index in [9.17, 15) is 4.79 Å². The van der Waals surface area contributed by atoms with E-state index in [1.54, 1.807) is 13.2 Å². The zero-order chi connectivity index (χ0) is 18.8. The van der Waals surface area contributed by atoms with E-state index in [1.807, 2.05) is 52.0 Å². The van der Waals surface area contributed by atoms with Crippen LogP contribution in [0.5, 0.6) is 0 Å². The molecule has 0 bridgehead atoms. The van der Waals surface area contributed by atoms with Gasteiger partial charge in [0.25, 0.3) is 0 Å². The molecule has 2 rings (SSSR count). The second-order valence-electron chi connectivity index (χ2n) is 4.76. The number of rotatable bonds is 5. The van der Waals surface area contributed by atoms with Crippen molar-refractivity contribution < 1.29 is 24.3 Å². The summed E-state index contributed by atoms with van der Waals surface area (Å²) in [6, 6.07) is 0.950. The Morgan fingerprint density at radius 1 is 1.31 bits per heavy atom. The zero-order valence-corrected chi connectivity index (χ0v) is 17.4. The second kappa shape index (κ2) is 12.1. The molecular weight excluding hydrogens is 417 g/mol. The van der Waals surface area contributed by atoms with E-state index in [-0.39, 0.29) is 19.5 Å². The number of hydrogen-bond acceptors (Lipinski definition) is 5. The predicted octanol–water partition coefficient (Wildman–Crippen LogP) is 5.04. The van der Waals surface area contributed by atoms with Crippen LogP contribution in [0.1, 0.15) is 39.7 Å². The minimum atomic E-state index is -0.919. The first kappa shape index (κ1) is 23.7. The molecule has 2 aromatic heterocycles. The van der Waals surface area contributed by atoms with Crippen LogP contribution in [0.3, 0.4) is 0 Å². The van der Waals surface area contributed by atoms with E-state index in [2.05, 4.69) is 25.6 Å². The minimum Gasteiger partial charge on any atom is -0.447 e. The molecule has 0 atom stereocenters. The van der Waals surface area contributed by atoms with Gasteiger partial charge in [-0.3, -0.25) is 4.79 Å². The first-order valence-electron chi connectivity index (χ1n) is 8.30. The van der Waals surface area contributed by atoms with E-state index in [0.717, 1.165) is 22.9 Å². The number of urea groups is 1. The summed E-state index contributed by atoms with van der Waals surface area (Å²) >= 11 is 0. The van der Waals surface area contributed by atoms with Crippen LogP contribution in [-0.4, -0.2) is 28.0 Å². The summed E-state index contributed by atoms with van der Waals surface area (Å²) in [6.07, 6.45) is 8.40.